The summed E-state index contributed by atoms with van der Waals surface area (Å²) in [6, 6.07) is 0. The molecular weight excluding hydrogens is 162 g/mol. The Kier molecular flexibility index (Phi) is 5.06. The van der Waals surface area contributed by atoms with Crippen molar-refractivity contribution in [1.29, 1.82) is 0 Å². The molecule has 0 amide bonds. The number of likely N-dealkylation sites (N-methyl/N-ethyl adjacent to an activating group) is 1. The second-order valence-corrected chi connectivity index (χ2v) is 3.96. The Balaban J connectivity index is 3.70. The average Bonchev–Trinajstić information content (AvgIpc) is 1.86. The lowest BCUT2D eigenvalue weighted by atomic mass is 10.3. The minimum atomic E-state index is -0.363. The van der Waals surface area contributed by atoms with Gasteiger partial charge in [0.05, 0.1) is 26.5 Å². The molecule has 0 spiro atoms. The molecule has 0 aromatic rings. The Morgan fingerprint density at radius 1 is 1.45 bits per heavy atom. The molecule has 2 nitrogen and oxygen atoms in total. The average molecular weight is 181 g/mol. The molecule has 0 saturated carbocycles. The molecule has 11 heavy (non-hydrogen) atoms. The molecular formula is C8H19ClNO+. The van der Waals surface area contributed by atoms with E-state index in [1.807, 2.05) is 0 Å². The fraction of sp³-hybridized carbons (Fsp3) is 1.00. The van der Waals surface area contributed by atoms with Crippen molar-refractivity contribution < 1.29 is 9.59 Å². The van der Waals surface area contributed by atoms with Gasteiger partial charge in [-0.3, -0.25) is 0 Å². The first-order chi connectivity index (χ1) is 5.02. The van der Waals surface area contributed by atoms with E-state index in [2.05, 4.69) is 21.0 Å². The predicted octanol–water partition coefficient (Wildman–Crippen LogP) is 1.07. The summed E-state index contributed by atoms with van der Waals surface area (Å²) in [5.41, 5.74) is 0. The van der Waals surface area contributed by atoms with Gasteiger partial charge in [0.2, 0.25) is 0 Å². The van der Waals surface area contributed by atoms with Crippen LogP contribution in [0.5, 0.6) is 0 Å². The molecule has 3 heteroatoms. The first-order valence-electron chi connectivity index (χ1n) is 4.08. The van der Waals surface area contributed by atoms with Crippen LogP contribution >= 0.6 is 11.6 Å². The van der Waals surface area contributed by atoms with Gasteiger partial charge in [0.1, 0.15) is 12.6 Å². The third-order valence-corrected chi connectivity index (χ3v) is 2.07. The van der Waals surface area contributed by atoms with E-state index in [0.29, 0.717) is 5.88 Å². The van der Waals surface area contributed by atoms with Gasteiger partial charge < -0.3 is 9.59 Å². The minimum Gasteiger partial charge on any atom is -0.386 e. The van der Waals surface area contributed by atoms with Crippen molar-refractivity contribution in [1.82, 2.24) is 0 Å². The molecule has 0 fully saturated rings. The van der Waals surface area contributed by atoms with Gasteiger partial charge in [-0.2, -0.15) is 0 Å². The number of hydrogen-bond donors (Lipinski definition) is 1. The van der Waals surface area contributed by atoms with Gasteiger partial charge in [0.15, 0.2) is 0 Å². The summed E-state index contributed by atoms with van der Waals surface area (Å²) in [4.78, 5) is 0. The van der Waals surface area contributed by atoms with Crippen LogP contribution in [0.25, 0.3) is 0 Å². The van der Waals surface area contributed by atoms with Gasteiger partial charge in [-0.05, 0) is 6.42 Å². The number of aliphatic hydroxyl groups excluding tert-OH is 1. The monoisotopic (exact) mass is 180 g/mol. The van der Waals surface area contributed by atoms with Gasteiger partial charge in [0, 0.05) is 0 Å². The van der Waals surface area contributed by atoms with Crippen LogP contribution in [0.4, 0.5) is 0 Å². The third kappa shape index (κ3) is 5.48. The predicted molar refractivity (Wildman–Crippen MR) is 48.9 cm³/mol. The summed E-state index contributed by atoms with van der Waals surface area (Å²) >= 11 is 5.50. The molecule has 0 aliphatic carbocycles. The van der Waals surface area contributed by atoms with Crippen molar-refractivity contribution in [2.24, 2.45) is 0 Å². The maximum Gasteiger partial charge on any atom is 0.116 e. The second-order valence-electron chi connectivity index (χ2n) is 3.65. The van der Waals surface area contributed by atoms with E-state index >= 15 is 0 Å². The van der Waals surface area contributed by atoms with Crippen LogP contribution in [0.15, 0.2) is 0 Å². The zero-order valence-corrected chi connectivity index (χ0v) is 8.43. The maximum atomic E-state index is 9.27. The zero-order valence-electron chi connectivity index (χ0n) is 7.68. The van der Waals surface area contributed by atoms with Crippen LogP contribution < -0.4 is 0 Å². The van der Waals surface area contributed by atoms with E-state index in [0.717, 1.165) is 24.0 Å². The SMILES string of the molecule is CCC[N+](C)(C)CC(O)CCl. The van der Waals surface area contributed by atoms with Crippen molar-refractivity contribution in [3.8, 4) is 0 Å². The molecule has 0 bridgehead atoms. The lowest BCUT2D eigenvalue weighted by Crippen LogP contribution is -2.46. The maximum absolute atomic E-state index is 9.27. The Labute approximate surface area is 74.4 Å². The molecule has 0 aliphatic rings. The lowest BCUT2D eigenvalue weighted by molar-refractivity contribution is -0.893. The van der Waals surface area contributed by atoms with Crippen LogP contribution in [0, 0.1) is 0 Å². The molecule has 1 N–H and O–H groups in total. The molecule has 0 saturated heterocycles. The van der Waals surface area contributed by atoms with Gasteiger partial charge in [-0.25, -0.2) is 0 Å². The Morgan fingerprint density at radius 2 is 2.00 bits per heavy atom. The fourth-order valence-corrected chi connectivity index (χ4v) is 1.41. The lowest BCUT2D eigenvalue weighted by Gasteiger charge is -2.30. The van der Waals surface area contributed by atoms with Crippen molar-refractivity contribution in [2.45, 2.75) is 19.4 Å². The van der Waals surface area contributed by atoms with E-state index < -0.39 is 0 Å². The smallest absolute Gasteiger partial charge is 0.116 e. The summed E-state index contributed by atoms with van der Waals surface area (Å²) in [7, 11) is 4.22. The number of hydrogen-bond acceptors (Lipinski definition) is 1. The summed E-state index contributed by atoms with van der Waals surface area (Å²) in [5.74, 6) is 0.339. The van der Waals surface area contributed by atoms with Crippen molar-refractivity contribution >= 4 is 11.6 Å². The van der Waals surface area contributed by atoms with Crippen molar-refractivity contribution in [2.75, 3.05) is 33.1 Å². The number of nitrogens with zero attached hydrogens (tertiary/aromatic N) is 1. The van der Waals surface area contributed by atoms with E-state index in [1.54, 1.807) is 0 Å². The first-order valence-corrected chi connectivity index (χ1v) is 4.61. The molecule has 0 heterocycles. The van der Waals surface area contributed by atoms with E-state index in [4.69, 9.17) is 11.6 Å². The summed E-state index contributed by atoms with van der Waals surface area (Å²) < 4.78 is 0.852. The van der Waals surface area contributed by atoms with E-state index in [9.17, 15) is 5.11 Å². The standard InChI is InChI=1S/C8H19ClNO/c1-4-5-10(2,3)7-8(11)6-9/h8,11H,4-7H2,1-3H3/q+1. The van der Waals surface area contributed by atoms with Crippen LogP contribution in [0.1, 0.15) is 13.3 Å². The molecule has 1 unspecified atom stereocenters. The Morgan fingerprint density at radius 3 is 2.36 bits per heavy atom. The van der Waals surface area contributed by atoms with Crippen molar-refractivity contribution in [3.63, 3.8) is 0 Å². The number of halogens is 1. The number of quaternary nitrogens is 1. The molecule has 68 valence electrons. The zero-order chi connectivity index (χ0) is 8.91. The van der Waals surface area contributed by atoms with Gasteiger partial charge in [0.25, 0.3) is 0 Å². The summed E-state index contributed by atoms with van der Waals surface area (Å²) in [5, 5.41) is 9.27. The highest BCUT2D eigenvalue weighted by Gasteiger charge is 2.18. The topological polar surface area (TPSA) is 20.2 Å². The second kappa shape index (κ2) is 4.96. The third-order valence-electron chi connectivity index (χ3n) is 1.71. The highest BCUT2D eigenvalue weighted by Crippen LogP contribution is 2.02. The molecule has 0 rings (SSSR count). The number of rotatable bonds is 5. The first kappa shape index (κ1) is 11.2. The highest BCUT2D eigenvalue weighted by atomic mass is 35.5. The van der Waals surface area contributed by atoms with Crippen LogP contribution in [-0.4, -0.2) is 48.8 Å². The minimum absolute atomic E-state index is 0.339. The van der Waals surface area contributed by atoms with E-state index in [1.165, 1.54) is 0 Å². The molecule has 0 aliphatic heterocycles. The quantitative estimate of drug-likeness (QED) is 0.496. The van der Waals surface area contributed by atoms with Gasteiger partial charge in [-0.15, -0.1) is 11.6 Å². The van der Waals surface area contributed by atoms with Gasteiger partial charge >= 0.3 is 0 Å². The highest BCUT2D eigenvalue weighted by molar-refractivity contribution is 6.18. The van der Waals surface area contributed by atoms with Crippen molar-refractivity contribution in [3.05, 3.63) is 0 Å². The van der Waals surface area contributed by atoms with Gasteiger partial charge in [-0.1, -0.05) is 6.92 Å². The Hall–Kier alpha value is 0.210. The largest absolute Gasteiger partial charge is 0.386 e. The van der Waals surface area contributed by atoms with Crippen LogP contribution in [0.3, 0.4) is 0 Å². The molecule has 0 aromatic heterocycles. The number of aliphatic hydroxyl groups is 1. The normalized spacial score (nSPS) is 15.0. The Bertz CT molecular complexity index is 106. The molecule has 1 atom stereocenters. The fourth-order valence-electron chi connectivity index (χ4n) is 1.32. The summed E-state index contributed by atoms with van der Waals surface area (Å²) in [6.45, 7) is 3.98. The molecule has 0 aromatic carbocycles. The van der Waals surface area contributed by atoms with Crippen LogP contribution in [0.2, 0.25) is 0 Å². The number of alkyl halides is 1. The van der Waals surface area contributed by atoms with Crippen LogP contribution in [-0.2, 0) is 0 Å². The van der Waals surface area contributed by atoms with E-state index in [-0.39, 0.29) is 6.10 Å². The summed E-state index contributed by atoms with van der Waals surface area (Å²) in [6.07, 6.45) is 0.778. The molecule has 0 radical (unpaired) electrons.